The fraction of sp³-hybridized carbons (Fsp3) is 0.136. The van der Waals surface area contributed by atoms with Crippen molar-refractivity contribution in [2.24, 2.45) is 0 Å². The zero-order valence-corrected chi connectivity index (χ0v) is 18.1. The van der Waals surface area contributed by atoms with Gasteiger partial charge in [0.2, 0.25) is 5.91 Å². The number of hydrogen-bond donors (Lipinski definition) is 1. The molecule has 0 atom stereocenters. The van der Waals surface area contributed by atoms with E-state index in [-0.39, 0.29) is 4.90 Å². The second-order valence-corrected chi connectivity index (χ2v) is 8.80. The van der Waals surface area contributed by atoms with Gasteiger partial charge >= 0.3 is 0 Å². The number of ether oxygens (including phenoxy) is 1. The molecule has 0 spiro atoms. The summed E-state index contributed by atoms with van der Waals surface area (Å²) >= 11 is 6.11. The van der Waals surface area contributed by atoms with Gasteiger partial charge in [0.05, 0.1) is 17.7 Å². The number of halogens is 1. The molecule has 156 valence electrons. The van der Waals surface area contributed by atoms with E-state index in [9.17, 15) is 13.2 Å². The molecule has 0 radical (unpaired) electrons. The van der Waals surface area contributed by atoms with Crippen LogP contribution in [-0.2, 0) is 14.8 Å². The van der Waals surface area contributed by atoms with Crippen molar-refractivity contribution in [3.8, 4) is 5.75 Å². The van der Waals surface area contributed by atoms with Crippen LogP contribution in [0.4, 0.5) is 11.4 Å². The predicted molar refractivity (Wildman–Crippen MR) is 119 cm³/mol. The molecule has 3 rings (SSSR count). The molecule has 0 saturated heterocycles. The number of para-hydroxylation sites is 1. The highest BCUT2D eigenvalue weighted by Crippen LogP contribution is 2.25. The molecule has 0 aromatic heterocycles. The average molecular weight is 445 g/mol. The van der Waals surface area contributed by atoms with Crippen LogP contribution in [0.15, 0.2) is 77.7 Å². The number of aryl methyl sites for hydroxylation is 1. The molecule has 0 bridgehead atoms. The number of methoxy groups -OCH3 is 1. The number of hydrogen-bond acceptors (Lipinski definition) is 4. The monoisotopic (exact) mass is 444 g/mol. The van der Waals surface area contributed by atoms with Gasteiger partial charge in [0.25, 0.3) is 10.0 Å². The number of carbonyl (C=O) groups is 1. The predicted octanol–water partition coefficient (Wildman–Crippen LogP) is 4.49. The Morgan fingerprint density at radius 2 is 1.70 bits per heavy atom. The molecule has 0 fully saturated rings. The highest BCUT2D eigenvalue weighted by molar-refractivity contribution is 7.92. The van der Waals surface area contributed by atoms with Crippen LogP contribution in [0.5, 0.6) is 5.75 Å². The molecule has 8 heteroatoms. The zero-order chi connectivity index (χ0) is 21.7. The normalized spacial score (nSPS) is 11.0. The number of carbonyl (C=O) groups excluding carboxylic acids is 1. The van der Waals surface area contributed by atoms with Crippen LogP contribution >= 0.6 is 11.6 Å². The quantitative estimate of drug-likeness (QED) is 0.582. The topological polar surface area (TPSA) is 75.7 Å². The Balaban J connectivity index is 1.90. The molecular weight excluding hydrogens is 424 g/mol. The molecule has 1 amide bonds. The molecule has 0 aliphatic rings. The lowest BCUT2D eigenvalue weighted by Gasteiger charge is -2.24. The van der Waals surface area contributed by atoms with Crippen molar-refractivity contribution < 1.29 is 17.9 Å². The maximum atomic E-state index is 13.3. The van der Waals surface area contributed by atoms with Crippen LogP contribution in [0.2, 0.25) is 5.02 Å². The molecule has 0 heterocycles. The van der Waals surface area contributed by atoms with Crippen molar-refractivity contribution in [2.45, 2.75) is 11.8 Å². The highest BCUT2D eigenvalue weighted by atomic mass is 35.5. The van der Waals surface area contributed by atoms with Crippen LogP contribution < -0.4 is 14.4 Å². The number of nitrogens with one attached hydrogen (secondary N) is 1. The van der Waals surface area contributed by atoms with Crippen molar-refractivity contribution in [3.63, 3.8) is 0 Å². The Bertz CT molecular complexity index is 1130. The number of anilines is 2. The summed E-state index contributed by atoms with van der Waals surface area (Å²) in [5.74, 6) is 0.0464. The van der Waals surface area contributed by atoms with E-state index in [1.807, 2.05) is 6.92 Å². The van der Waals surface area contributed by atoms with E-state index in [0.29, 0.717) is 22.1 Å². The smallest absolute Gasteiger partial charge is 0.264 e. The summed E-state index contributed by atoms with van der Waals surface area (Å²) in [6, 6.07) is 19.6. The number of sulfonamides is 1. The van der Waals surface area contributed by atoms with Gasteiger partial charge in [-0.1, -0.05) is 35.9 Å². The molecular formula is C22H21ClN2O4S. The Labute approximate surface area is 181 Å². The van der Waals surface area contributed by atoms with Gasteiger partial charge in [-0.2, -0.15) is 0 Å². The first-order valence-electron chi connectivity index (χ1n) is 9.09. The van der Waals surface area contributed by atoms with Gasteiger partial charge in [0.1, 0.15) is 12.3 Å². The minimum absolute atomic E-state index is 0.0540. The van der Waals surface area contributed by atoms with E-state index in [2.05, 4.69) is 5.32 Å². The summed E-state index contributed by atoms with van der Waals surface area (Å²) in [5, 5.41) is 3.22. The Morgan fingerprint density at radius 1 is 1.03 bits per heavy atom. The second-order valence-electron chi connectivity index (χ2n) is 6.53. The summed E-state index contributed by atoms with van der Waals surface area (Å²) in [6.45, 7) is 1.45. The van der Waals surface area contributed by atoms with E-state index in [0.717, 1.165) is 9.87 Å². The first-order chi connectivity index (χ1) is 14.3. The standard InChI is InChI=1S/C22H21ClN2O4S/c1-16-8-9-17(14-21(16)23)24-22(26)15-25(18-6-4-3-5-7-18)30(27,28)20-12-10-19(29-2)11-13-20/h3-14H,15H2,1-2H3,(H,24,26). The number of amides is 1. The van der Waals surface area contributed by atoms with Gasteiger partial charge in [0.15, 0.2) is 0 Å². The average Bonchev–Trinajstić information content (AvgIpc) is 2.75. The van der Waals surface area contributed by atoms with Gasteiger partial charge < -0.3 is 10.1 Å². The minimum Gasteiger partial charge on any atom is -0.497 e. The van der Waals surface area contributed by atoms with Crippen LogP contribution in [0.1, 0.15) is 5.56 Å². The fourth-order valence-electron chi connectivity index (χ4n) is 2.79. The lowest BCUT2D eigenvalue weighted by atomic mass is 10.2. The molecule has 3 aromatic rings. The Morgan fingerprint density at radius 3 is 2.30 bits per heavy atom. The first kappa shape index (κ1) is 21.7. The first-order valence-corrected chi connectivity index (χ1v) is 10.9. The number of benzene rings is 3. The van der Waals surface area contributed by atoms with E-state index in [1.54, 1.807) is 60.7 Å². The van der Waals surface area contributed by atoms with E-state index < -0.39 is 22.5 Å². The van der Waals surface area contributed by atoms with Crippen LogP contribution in [0.3, 0.4) is 0 Å². The van der Waals surface area contributed by atoms with Crippen molar-refractivity contribution in [3.05, 3.63) is 83.4 Å². The lowest BCUT2D eigenvalue weighted by molar-refractivity contribution is -0.114. The molecule has 3 aromatic carbocycles. The molecule has 0 aliphatic heterocycles. The second kappa shape index (κ2) is 9.19. The largest absolute Gasteiger partial charge is 0.497 e. The van der Waals surface area contributed by atoms with Crippen LogP contribution in [0, 0.1) is 6.92 Å². The van der Waals surface area contributed by atoms with E-state index in [4.69, 9.17) is 16.3 Å². The highest BCUT2D eigenvalue weighted by Gasteiger charge is 2.27. The Kier molecular flexibility index (Phi) is 6.64. The van der Waals surface area contributed by atoms with Gasteiger partial charge in [0, 0.05) is 10.7 Å². The maximum absolute atomic E-state index is 13.3. The number of nitrogens with zero attached hydrogens (tertiary/aromatic N) is 1. The molecule has 0 saturated carbocycles. The Hall–Kier alpha value is -3.03. The summed E-state index contributed by atoms with van der Waals surface area (Å²) < 4.78 is 32.8. The third-order valence-corrected chi connectivity index (χ3v) is 6.63. The van der Waals surface area contributed by atoms with Gasteiger partial charge in [-0.3, -0.25) is 9.10 Å². The third-order valence-electron chi connectivity index (χ3n) is 4.43. The van der Waals surface area contributed by atoms with Crippen molar-refractivity contribution in [1.82, 2.24) is 0 Å². The summed E-state index contributed by atoms with van der Waals surface area (Å²) in [6.07, 6.45) is 0. The van der Waals surface area contributed by atoms with Crippen LogP contribution in [0.25, 0.3) is 0 Å². The van der Waals surface area contributed by atoms with Crippen molar-refractivity contribution >= 4 is 38.9 Å². The fourth-order valence-corrected chi connectivity index (χ4v) is 4.39. The molecule has 0 unspecified atom stereocenters. The lowest BCUT2D eigenvalue weighted by Crippen LogP contribution is -2.38. The van der Waals surface area contributed by atoms with E-state index in [1.165, 1.54) is 19.2 Å². The van der Waals surface area contributed by atoms with Crippen molar-refractivity contribution in [2.75, 3.05) is 23.3 Å². The maximum Gasteiger partial charge on any atom is 0.264 e. The molecule has 1 N–H and O–H groups in total. The molecule has 0 aliphatic carbocycles. The summed E-state index contributed by atoms with van der Waals surface area (Å²) in [5.41, 5.74) is 1.75. The molecule has 6 nitrogen and oxygen atoms in total. The minimum atomic E-state index is -3.99. The van der Waals surface area contributed by atoms with Crippen molar-refractivity contribution in [1.29, 1.82) is 0 Å². The van der Waals surface area contributed by atoms with Crippen LogP contribution in [-0.4, -0.2) is 28.0 Å². The summed E-state index contributed by atoms with van der Waals surface area (Å²) in [7, 11) is -2.49. The van der Waals surface area contributed by atoms with Gasteiger partial charge in [-0.05, 0) is 61.0 Å². The SMILES string of the molecule is COc1ccc(S(=O)(=O)N(CC(=O)Nc2ccc(C)c(Cl)c2)c2ccccc2)cc1. The van der Waals surface area contributed by atoms with Gasteiger partial charge in [-0.25, -0.2) is 8.42 Å². The third kappa shape index (κ3) is 4.93. The number of rotatable bonds is 7. The molecule has 30 heavy (non-hydrogen) atoms. The summed E-state index contributed by atoms with van der Waals surface area (Å²) in [4.78, 5) is 12.7. The van der Waals surface area contributed by atoms with E-state index >= 15 is 0 Å². The van der Waals surface area contributed by atoms with Gasteiger partial charge in [-0.15, -0.1) is 0 Å². The zero-order valence-electron chi connectivity index (χ0n) is 16.5.